The standard InChI is InChI=1S/C14H9Cl2FN2O/c15-12-6-9(7-13(16)18-12)14(20)19-4-3-8-5-10(17)1-2-11(8)19/h1-2,5-7H,3-4H2. The Morgan fingerprint density at radius 2 is 1.90 bits per heavy atom. The summed E-state index contributed by atoms with van der Waals surface area (Å²) in [5.41, 5.74) is 1.91. The smallest absolute Gasteiger partial charge is 0.258 e. The molecule has 1 aliphatic heterocycles. The minimum absolute atomic E-state index is 0.166. The largest absolute Gasteiger partial charge is 0.308 e. The first-order valence-corrected chi connectivity index (χ1v) is 6.73. The predicted octanol–water partition coefficient (Wildman–Crippen LogP) is 3.73. The Kier molecular flexibility index (Phi) is 3.36. The molecule has 2 heterocycles. The molecule has 1 aromatic carbocycles. The number of carbonyl (C=O) groups is 1. The Bertz CT molecular complexity index is 685. The number of nitrogens with zero attached hydrogens (tertiary/aromatic N) is 2. The van der Waals surface area contributed by atoms with Gasteiger partial charge in [-0.3, -0.25) is 4.79 Å². The molecule has 0 aliphatic carbocycles. The fourth-order valence-corrected chi connectivity index (χ4v) is 2.79. The van der Waals surface area contributed by atoms with Gasteiger partial charge in [0.2, 0.25) is 0 Å². The van der Waals surface area contributed by atoms with Gasteiger partial charge in [-0.1, -0.05) is 23.2 Å². The van der Waals surface area contributed by atoms with Crippen LogP contribution >= 0.6 is 23.2 Å². The zero-order valence-corrected chi connectivity index (χ0v) is 11.7. The SMILES string of the molecule is O=C(c1cc(Cl)nc(Cl)c1)N1CCc2cc(F)ccc21. The van der Waals surface area contributed by atoms with Gasteiger partial charge in [0.15, 0.2) is 0 Å². The molecule has 0 bridgehead atoms. The molecule has 2 aromatic rings. The first-order chi connectivity index (χ1) is 9.54. The number of anilines is 1. The van der Waals surface area contributed by atoms with Crippen molar-refractivity contribution >= 4 is 34.8 Å². The lowest BCUT2D eigenvalue weighted by atomic mass is 10.1. The van der Waals surface area contributed by atoms with Crippen molar-refractivity contribution in [1.82, 2.24) is 4.98 Å². The van der Waals surface area contributed by atoms with Gasteiger partial charge in [0, 0.05) is 17.8 Å². The van der Waals surface area contributed by atoms with Crippen LogP contribution in [0.1, 0.15) is 15.9 Å². The lowest BCUT2D eigenvalue weighted by molar-refractivity contribution is 0.0989. The van der Waals surface area contributed by atoms with E-state index in [4.69, 9.17) is 23.2 Å². The molecule has 1 amide bonds. The zero-order chi connectivity index (χ0) is 14.3. The highest BCUT2D eigenvalue weighted by Gasteiger charge is 2.26. The van der Waals surface area contributed by atoms with E-state index in [-0.39, 0.29) is 22.0 Å². The number of fused-ring (bicyclic) bond motifs is 1. The quantitative estimate of drug-likeness (QED) is 0.752. The third kappa shape index (κ3) is 2.37. The summed E-state index contributed by atoms with van der Waals surface area (Å²) < 4.78 is 13.2. The van der Waals surface area contributed by atoms with E-state index in [0.717, 1.165) is 11.3 Å². The predicted molar refractivity (Wildman–Crippen MR) is 76.0 cm³/mol. The van der Waals surface area contributed by atoms with Crippen LogP contribution in [0, 0.1) is 5.82 Å². The van der Waals surface area contributed by atoms with Gasteiger partial charge < -0.3 is 4.90 Å². The van der Waals surface area contributed by atoms with Crippen molar-refractivity contribution < 1.29 is 9.18 Å². The summed E-state index contributed by atoms with van der Waals surface area (Å²) >= 11 is 11.6. The van der Waals surface area contributed by atoms with Crippen LogP contribution in [-0.4, -0.2) is 17.4 Å². The Morgan fingerprint density at radius 3 is 2.60 bits per heavy atom. The van der Waals surface area contributed by atoms with Crippen molar-refractivity contribution in [2.75, 3.05) is 11.4 Å². The van der Waals surface area contributed by atoms with E-state index >= 15 is 0 Å². The molecule has 3 rings (SSSR count). The number of benzene rings is 1. The van der Waals surface area contributed by atoms with Gasteiger partial charge in [0.05, 0.1) is 0 Å². The maximum absolute atomic E-state index is 13.2. The number of hydrogen-bond donors (Lipinski definition) is 0. The summed E-state index contributed by atoms with van der Waals surface area (Å²) in [6.45, 7) is 0.509. The van der Waals surface area contributed by atoms with Crippen molar-refractivity contribution in [1.29, 1.82) is 0 Å². The van der Waals surface area contributed by atoms with E-state index in [1.165, 1.54) is 24.3 Å². The van der Waals surface area contributed by atoms with Crippen molar-refractivity contribution in [2.24, 2.45) is 0 Å². The lowest BCUT2D eigenvalue weighted by Crippen LogP contribution is -2.28. The number of amides is 1. The number of carbonyl (C=O) groups excluding carboxylic acids is 1. The van der Waals surface area contributed by atoms with E-state index < -0.39 is 0 Å². The van der Waals surface area contributed by atoms with Crippen LogP contribution in [0.15, 0.2) is 30.3 Å². The van der Waals surface area contributed by atoms with E-state index in [9.17, 15) is 9.18 Å². The fraction of sp³-hybridized carbons (Fsp3) is 0.143. The molecule has 3 nitrogen and oxygen atoms in total. The first kappa shape index (κ1) is 13.3. The normalized spacial score (nSPS) is 13.4. The number of halogens is 3. The van der Waals surface area contributed by atoms with Crippen LogP contribution in [0.4, 0.5) is 10.1 Å². The van der Waals surface area contributed by atoms with Crippen LogP contribution in [-0.2, 0) is 6.42 Å². The second kappa shape index (κ2) is 5.04. The summed E-state index contributed by atoms with van der Waals surface area (Å²) in [5.74, 6) is -0.519. The van der Waals surface area contributed by atoms with Crippen LogP contribution in [0.25, 0.3) is 0 Å². The summed E-state index contributed by atoms with van der Waals surface area (Å²) in [7, 11) is 0. The Balaban J connectivity index is 1.97. The average molecular weight is 311 g/mol. The zero-order valence-electron chi connectivity index (χ0n) is 10.2. The Labute approximate surface area is 124 Å². The summed E-state index contributed by atoms with van der Waals surface area (Å²) in [5, 5.41) is 0.332. The molecule has 20 heavy (non-hydrogen) atoms. The molecule has 0 N–H and O–H groups in total. The van der Waals surface area contributed by atoms with Crippen molar-refractivity contribution in [2.45, 2.75) is 6.42 Å². The molecule has 0 saturated carbocycles. The molecule has 0 atom stereocenters. The molecule has 0 saturated heterocycles. The highest BCUT2D eigenvalue weighted by atomic mass is 35.5. The molecule has 102 valence electrons. The number of aromatic nitrogens is 1. The molecular formula is C14H9Cl2FN2O. The van der Waals surface area contributed by atoms with E-state index in [2.05, 4.69) is 4.98 Å². The van der Waals surface area contributed by atoms with Crippen LogP contribution < -0.4 is 4.90 Å². The summed E-state index contributed by atoms with van der Waals surface area (Å²) in [6, 6.07) is 7.35. The molecule has 1 aliphatic rings. The highest BCUT2D eigenvalue weighted by Crippen LogP contribution is 2.30. The first-order valence-electron chi connectivity index (χ1n) is 5.98. The van der Waals surface area contributed by atoms with Crippen molar-refractivity contribution in [3.8, 4) is 0 Å². The summed E-state index contributed by atoms with van der Waals surface area (Å²) in [4.78, 5) is 17.9. The highest BCUT2D eigenvalue weighted by molar-refractivity contribution is 6.33. The number of hydrogen-bond acceptors (Lipinski definition) is 2. The van der Waals surface area contributed by atoms with Crippen LogP contribution in [0.2, 0.25) is 10.3 Å². The van der Waals surface area contributed by atoms with E-state index in [1.54, 1.807) is 11.0 Å². The van der Waals surface area contributed by atoms with E-state index in [0.29, 0.717) is 18.5 Å². The number of rotatable bonds is 1. The van der Waals surface area contributed by atoms with Crippen molar-refractivity contribution in [3.05, 3.63) is 57.6 Å². The second-order valence-electron chi connectivity index (χ2n) is 4.48. The van der Waals surface area contributed by atoms with Gasteiger partial charge in [-0.2, -0.15) is 0 Å². The van der Waals surface area contributed by atoms with Gasteiger partial charge in [-0.25, -0.2) is 9.37 Å². The Morgan fingerprint density at radius 1 is 1.20 bits per heavy atom. The molecule has 0 fully saturated rings. The Hall–Kier alpha value is -1.65. The maximum atomic E-state index is 13.2. The maximum Gasteiger partial charge on any atom is 0.258 e. The third-order valence-electron chi connectivity index (χ3n) is 3.19. The van der Waals surface area contributed by atoms with Gasteiger partial charge in [0.1, 0.15) is 16.1 Å². The van der Waals surface area contributed by atoms with E-state index in [1.807, 2.05) is 0 Å². The topological polar surface area (TPSA) is 33.2 Å². The minimum atomic E-state index is -0.298. The minimum Gasteiger partial charge on any atom is -0.308 e. The fourth-order valence-electron chi connectivity index (χ4n) is 2.33. The van der Waals surface area contributed by atoms with Gasteiger partial charge >= 0.3 is 0 Å². The molecule has 6 heteroatoms. The molecule has 0 spiro atoms. The monoisotopic (exact) mass is 310 g/mol. The molecule has 0 radical (unpaired) electrons. The molecular weight excluding hydrogens is 302 g/mol. The molecule has 1 aromatic heterocycles. The molecule has 0 unspecified atom stereocenters. The number of pyridine rings is 1. The third-order valence-corrected chi connectivity index (χ3v) is 3.58. The summed E-state index contributed by atoms with van der Waals surface area (Å²) in [6.07, 6.45) is 0.630. The lowest BCUT2D eigenvalue weighted by Gasteiger charge is -2.17. The van der Waals surface area contributed by atoms with Crippen LogP contribution in [0.3, 0.4) is 0 Å². The van der Waals surface area contributed by atoms with Gasteiger partial charge in [0.25, 0.3) is 5.91 Å². The van der Waals surface area contributed by atoms with Crippen LogP contribution in [0.5, 0.6) is 0 Å². The van der Waals surface area contributed by atoms with Gasteiger partial charge in [-0.05, 0) is 42.3 Å². The van der Waals surface area contributed by atoms with Crippen molar-refractivity contribution in [3.63, 3.8) is 0 Å². The second-order valence-corrected chi connectivity index (χ2v) is 5.26. The average Bonchev–Trinajstić information content (AvgIpc) is 2.79. The van der Waals surface area contributed by atoms with Gasteiger partial charge in [-0.15, -0.1) is 0 Å².